The molecule has 0 saturated carbocycles. The Labute approximate surface area is 130 Å². The topological polar surface area (TPSA) is 0 Å². The molecule has 0 nitrogen and oxygen atoms in total. The highest BCUT2D eigenvalue weighted by Gasteiger charge is 2.26. The number of benzene rings is 2. The fourth-order valence-corrected chi connectivity index (χ4v) is 4.61. The minimum Gasteiger partial charge on any atom is -0.122 e. The number of alkyl halides is 1. The number of rotatable bonds is 4. The van der Waals surface area contributed by atoms with Gasteiger partial charge in [0.05, 0.1) is 5.38 Å². The van der Waals surface area contributed by atoms with Crippen LogP contribution in [0, 0.1) is 5.92 Å². The Kier molecular flexibility index (Phi) is 4.38. The van der Waals surface area contributed by atoms with Gasteiger partial charge >= 0.3 is 0 Å². The number of hydrogen-bond acceptors (Lipinski definition) is 1. The highest BCUT2D eigenvalue weighted by atomic mass is 35.5. The normalized spacial score (nSPS) is 20.4. The number of halogens is 1. The van der Waals surface area contributed by atoms with E-state index in [0.717, 1.165) is 0 Å². The van der Waals surface area contributed by atoms with Gasteiger partial charge < -0.3 is 0 Å². The van der Waals surface area contributed by atoms with Crippen LogP contribution in [0.4, 0.5) is 0 Å². The molecule has 0 amide bonds. The lowest BCUT2D eigenvalue weighted by Gasteiger charge is -2.21. The lowest BCUT2D eigenvalue weighted by Crippen LogP contribution is -2.12. The van der Waals surface area contributed by atoms with Gasteiger partial charge in [-0.25, -0.2) is 0 Å². The van der Waals surface area contributed by atoms with Crippen LogP contribution in [-0.4, -0.2) is 5.25 Å². The molecule has 3 unspecified atom stereocenters. The zero-order valence-corrected chi connectivity index (χ0v) is 13.2. The van der Waals surface area contributed by atoms with Crippen LogP contribution in [0.3, 0.4) is 0 Å². The first-order valence-electron chi connectivity index (χ1n) is 7.17. The summed E-state index contributed by atoms with van der Waals surface area (Å²) in [5, 5.41) is 0.785. The summed E-state index contributed by atoms with van der Waals surface area (Å²) in [5.74, 6) is 0.492. The predicted molar refractivity (Wildman–Crippen MR) is 88.6 cm³/mol. The SMILES string of the molecule is CC(CC1Cc2ccccc2S1)C(Cl)c1ccccc1. The maximum Gasteiger partial charge on any atom is 0.0611 e. The van der Waals surface area contributed by atoms with Crippen molar-refractivity contribution >= 4 is 23.4 Å². The highest BCUT2D eigenvalue weighted by molar-refractivity contribution is 8.00. The molecule has 1 aliphatic rings. The van der Waals surface area contributed by atoms with Crippen LogP contribution < -0.4 is 0 Å². The standard InChI is InChI=1S/C18H19ClS/c1-13(18(19)14-7-3-2-4-8-14)11-16-12-15-9-5-6-10-17(15)20-16/h2-10,13,16,18H,11-12H2,1H3. The van der Waals surface area contributed by atoms with Crippen molar-refractivity contribution in [3.05, 3.63) is 65.7 Å². The van der Waals surface area contributed by atoms with Gasteiger partial charge in [-0.3, -0.25) is 0 Å². The first-order chi connectivity index (χ1) is 9.74. The van der Waals surface area contributed by atoms with E-state index in [1.807, 2.05) is 17.8 Å². The van der Waals surface area contributed by atoms with Crippen molar-refractivity contribution in [1.29, 1.82) is 0 Å². The van der Waals surface area contributed by atoms with E-state index in [2.05, 4.69) is 55.5 Å². The Hall–Kier alpha value is -0.920. The van der Waals surface area contributed by atoms with Gasteiger partial charge in [0.1, 0.15) is 0 Å². The van der Waals surface area contributed by atoms with E-state index in [4.69, 9.17) is 11.6 Å². The molecule has 0 fully saturated rings. The van der Waals surface area contributed by atoms with Gasteiger partial charge in [-0.15, -0.1) is 23.4 Å². The van der Waals surface area contributed by atoms with Crippen molar-refractivity contribution in [2.45, 2.75) is 35.3 Å². The quantitative estimate of drug-likeness (QED) is 0.652. The van der Waals surface area contributed by atoms with Gasteiger partial charge in [-0.2, -0.15) is 0 Å². The predicted octanol–water partition coefficient (Wildman–Crippen LogP) is 5.71. The molecule has 104 valence electrons. The summed E-state index contributed by atoms with van der Waals surface area (Å²) in [6.07, 6.45) is 2.35. The average molecular weight is 303 g/mol. The summed E-state index contributed by atoms with van der Waals surface area (Å²) in [7, 11) is 0. The minimum absolute atomic E-state index is 0.112. The third-order valence-electron chi connectivity index (χ3n) is 3.97. The molecule has 0 aliphatic carbocycles. The van der Waals surface area contributed by atoms with Crippen molar-refractivity contribution < 1.29 is 0 Å². The Balaban J connectivity index is 1.62. The monoisotopic (exact) mass is 302 g/mol. The molecule has 0 bridgehead atoms. The minimum atomic E-state index is 0.112. The number of fused-ring (bicyclic) bond motifs is 1. The second kappa shape index (κ2) is 6.24. The molecule has 0 aromatic heterocycles. The van der Waals surface area contributed by atoms with E-state index in [9.17, 15) is 0 Å². The summed E-state index contributed by atoms with van der Waals surface area (Å²) in [6.45, 7) is 2.27. The molecule has 1 aliphatic heterocycles. The summed E-state index contributed by atoms with van der Waals surface area (Å²) in [6, 6.07) is 19.2. The summed E-state index contributed by atoms with van der Waals surface area (Å²) in [4.78, 5) is 1.45. The van der Waals surface area contributed by atoms with Gasteiger partial charge in [0.15, 0.2) is 0 Å². The van der Waals surface area contributed by atoms with E-state index >= 15 is 0 Å². The Morgan fingerprint density at radius 3 is 2.55 bits per heavy atom. The van der Waals surface area contributed by atoms with Crippen LogP contribution in [0.25, 0.3) is 0 Å². The Bertz CT molecular complexity index is 542. The molecule has 0 spiro atoms. The molecule has 20 heavy (non-hydrogen) atoms. The van der Waals surface area contributed by atoms with E-state index in [1.165, 1.54) is 28.9 Å². The van der Waals surface area contributed by atoms with E-state index in [0.29, 0.717) is 11.2 Å². The maximum atomic E-state index is 6.64. The van der Waals surface area contributed by atoms with Gasteiger partial charge in [0.25, 0.3) is 0 Å². The number of hydrogen-bond donors (Lipinski definition) is 0. The molecule has 0 radical (unpaired) electrons. The Morgan fingerprint density at radius 1 is 1.10 bits per heavy atom. The fraction of sp³-hybridized carbons (Fsp3) is 0.333. The lowest BCUT2D eigenvalue weighted by molar-refractivity contribution is 0.504. The van der Waals surface area contributed by atoms with Gasteiger partial charge in [0.2, 0.25) is 0 Å². The van der Waals surface area contributed by atoms with Crippen molar-refractivity contribution in [3.8, 4) is 0 Å². The smallest absolute Gasteiger partial charge is 0.0611 e. The first kappa shape index (κ1) is 14.0. The van der Waals surface area contributed by atoms with Crippen LogP contribution in [0.5, 0.6) is 0 Å². The Morgan fingerprint density at radius 2 is 1.80 bits per heavy atom. The van der Waals surface area contributed by atoms with Crippen LogP contribution >= 0.6 is 23.4 Å². The van der Waals surface area contributed by atoms with Gasteiger partial charge in [-0.05, 0) is 36.0 Å². The van der Waals surface area contributed by atoms with Crippen molar-refractivity contribution in [2.75, 3.05) is 0 Å². The van der Waals surface area contributed by atoms with Crippen molar-refractivity contribution in [1.82, 2.24) is 0 Å². The molecule has 3 atom stereocenters. The molecular weight excluding hydrogens is 284 g/mol. The molecular formula is C18H19ClS. The summed E-state index contributed by atoms with van der Waals surface area (Å²) < 4.78 is 0. The lowest BCUT2D eigenvalue weighted by atomic mass is 9.94. The first-order valence-corrected chi connectivity index (χ1v) is 8.49. The van der Waals surface area contributed by atoms with Crippen LogP contribution in [0.1, 0.15) is 29.8 Å². The van der Waals surface area contributed by atoms with E-state index < -0.39 is 0 Å². The largest absolute Gasteiger partial charge is 0.122 e. The zero-order chi connectivity index (χ0) is 13.9. The van der Waals surface area contributed by atoms with Gasteiger partial charge in [-0.1, -0.05) is 55.5 Å². The third-order valence-corrected chi connectivity index (χ3v) is 5.99. The average Bonchev–Trinajstić information content (AvgIpc) is 2.89. The third kappa shape index (κ3) is 3.05. The molecule has 0 N–H and O–H groups in total. The fourth-order valence-electron chi connectivity index (χ4n) is 2.88. The highest BCUT2D eigenvalue weighted by Crippen LogP contribution is 2.42. The summed E-state index contributed by atoms with van der Waals surface area (Å²) in [5.41, 5.74) is 2.74. The van der Waals surface area contributed by atoms with Gasteiger partial charge in [0, 0.05) is 10.1 Å². The van der Waals surface area contributed by atoms with Crippen LogP contribution in [0.15, 0.2) is 59.5 Å². The van der Waals surface area contributed by atoms with Crippen LogP contribution in [-0.2, 0) is 6.42 Å². The van der Waals surface area contributed by atoms with Crippen molar-refractivity contribution in [2.24, 2.45) is 5.92 Å². The molecule has 2 aromatic rings. The van der Waals surface area contributed by atoms with Crippen LogP contribution in [0.2, 0.25) is 0 Å². The molecule has 2 aromatic carbocycles. The molecule has 1 heterocycles. The molecule has 2 heteroatoms. The second-order valence-corrected chi connectivity index (χ2v) is 7.39. The second-order valence-electron chi connectivity index (χ2n) is 5.58. The maximum absolute atomic E-state index is 6.64. The zero-order valence-electron chi connectivity index (χ0n) is 11.6. The molecule has 3 rings (SSSR count). The molecule has 0 saturated heterocycles. The van der Waals surface area contributed by atoms with E-state index in [-0.39, 0.29) is 5.38 Å². The number of thioether (sulfide) groups is 1. The van der Waals surface area contributed by atoms with Crippen molar-refractivity contribution in [3.63, 3.8) is 0 Å². The summed E-state index contributed by atoms with van der Waals surface area (Å²) >= 11 is 8.66. The van der Waals surface area contributed by atoms with E-state index in [1.54, 1.807) is 0 Å².